The third kappa shape index (κ3) is 2.57. The molecular formula is C21H15N5O2. The maximum absolute atomic E-state index is 11.0. The Morgan fingerprint density at radius 1 is 0.893 bits per heavy atom. The quantitative estimate of drug-likeness (QED) is 0.442. The number of aromatic nitrogens is 2. The van der Waals surface area contributed by atoms with Gasteiger partial charge in [0, 0.05) is 5.56 Å². The molecule has 0 fully saturated rings. The van der Waals surface area contributed by atoms with Gasteiger partial charge in [-0.05, 0) is 36.4 Å². The minimum Gasteiger partial charge on any atom is -0.403 e. The molecular weight excluding hydrogens is 354 g/mol. The van der Waals surface area contributed by atoms with Gasteiger partial charge in [-0.1, -0.05) is 41.5 Å². The fourth-order valence-electron chi connectivity index (χ4n) is 3.29. The predicted octanol–water partition coefficient (Wildman–Crippen LogP) is 4.83. The van der Waals surface area contributed by atoms with Gasteiger partial charge < -0.3 is 15.1 Å². The Morgan fingerprint density at radius 3 is 2.54 bits per heavy atom. The molecule has 0 bridgehead atoms. The van der Waals surface area contributed by atoms with E-state index in [1.165, 1.54) is 0 Å². The Hall–Kier alpha value is -4.13. The monoisotopic (exact) mass is 369 g/mol. The summed E-state index contributed by atoms with van der Waals surface area (Å²) in [4.78, 5) is 12.9. The van der Waals surface area contributed by atoms with Crippen LogP contribution in [0.2, 0.25) is 0 Å². The van der Waals surface area contributed by atoms with Gasteiger partial charge in [-0.2, -0.15) is 0 Å². The highest BCUT2D eigenvalue weighted by Gasteiger charge is 2.29. The molecule has 1 aliphatic heterocycles. The summed E-state index contributed by atoms with van der Waals surface area (Å²) < 4.78 is 6.01. The van der Waals surface area contributed by atoms with Crippen molar-refractivity contribution in [1.82, 2.24) is 10.2 Å². The standard InChI is InChI=1S/C21H15N5O2/c27-13-22-16-10-6-12-18-19(16)23-15-9-4-5-11-17(15)26(18)21-25-24-20(28-21)14-7-2-1-3-8-14/h1-13,23H,(H,22,27). The first kappa shape index (κ1) is 16.1. The highest BCUT2D eigenvalue weighted by molar-refractivity contribution is 6.01. The normalized spacial score (nSPS) is 11.9. The molecule has 7 heteroatoms. The number of amides is 1. The van der Waals surface area contributed by atoms with Gasteiger partial charge in [0.25, 0.3) is 0 Å². The number of benzene rings is 3. The molecule has 1 aliphatic rings. The number of hydrogen-bond donors (Lipinski definition) is 2. The summed E-state index contributed by atoms with van der Waals surface area (Å²) in [5.74, 6) is 0.440. The summed E-state index contributed by atoms with van der Waals surface area (Å²) in [6.07, 6.45) is 0.655. The molecule has 0 radical (unpaired) electrons. The van der Waals surface area contributed by atoms with Gasteiger partial charge in [-0.3, -0.25) is 9.69 Å². The van der Waals surface area contributed by atoms with E-state index in [1.54, 1.807) is 0 Å². The van der Waals surface area contributed by atoms with Crippen LogP contribution < -0.4 is 15.5 Å². The number of carbonyl (C=O) groups is 1. The van der Waals surface area contributed by atoms with E-state index in [9.17, 15) is 4.79 Å². The maximum atomic E-state index is 11.0. The maximum Gasteiger partial charge on any atom is 0.327 e. The summed E-state index contributed by atoms with van der Waals surface area (Å²) in [7, 11) is 0. The second-order valence-electron chi connectivity index (χ2n) is 6.20. The average molecular weight is 369 g/mol. The fourth-order valence-corrected chi connectivity index (χ4v) is 3.29. The van der Waals surface area contributed by atoms with Gasteiger partial charge in [-0.15, -0.1) is 5.10 Å². The van der Waals surface area contributed by atoms with Gasteiger partial charge >= 0.3 is 6.01 Å². The number of carbonyl (C=O) groups excluding carboxylic acids is 1. The number of nitrogens with zero attached hydrogens (tertiary/aromatic N) is 3. The highest BCUT2D eigenvalue weighted by Crippen LogP contribution is 2.49. The van der Waals surface area contributed by atoms with Crippen LogP contribution in [0.5, 0.6) is 0 Å². The second kappa shape index (κ2) is 6.55. The van der Waals surface area contributed by atoms with Crippen LogP contribution in [-0.4, -0.2) is 16.6 Å². The Bertz CT molecular complexity index is 1160. The molecule has 0 saturated carbocycles. The molecule has 3 aromatic carbocycles. The zero-order valence-corrected chi connectivity index (χ0v) is 14.7. The molecule has 28 heavy (non-hydrogen) atoms. The smallest absolute Gasteiger partial charge is 0.327 e. The second-order valence-corrected chi connectivity index (χ2v) is 6.20. The Morgan fingerprint density at radius 2 is 1.68 bits per heavy atom. The highest BCUT2D eigenvalue weighted by atomic mass is 16.4. The lowest BCUT2D eigenvalue weighted by Crippen LogP contribution is -2.19. The summed E-state index contributed by atoms with van der Waals surface area (Å²) in [6, 6.07) is 23.4. The number of rotatable bonds is 4. The molecule has 5 rings (SSSR count). The third-order valence-electron chi connectivity index (χ3n) is 4.53. The summed E-state index contributed by atoms with van der Waals surface area (Å²) in [5.41, 5.74) is 4.81. The Balaban J connectivity index is 1.67. The van der Waals surface area contributed by atoms with Gasteiger partial charge in [0.2, 0.25) is 12.3 Å². The van der Waals surface area contributed by atoms with Crippen molar-refractivity contribution < 1.29 is 9.21 Å². The number of anilines is 6. The first-order chi connectivity index (χ1) is 13.8. The zero-order valence-electron chi connectivity index (χ0n) is 14.7. The van der Waals surface area contributed by atoms with Gasteiger partial charge in [0.15, 0.2) is 0 Å². The van der Waals surface area contributed by atoms with Gasteiger partial charge in [0.05, 0.1) is 28.4 Å². The van der Waals surface area contributed by atoms with Crippen LogP contribution in [0.25, 0.3) is 11.5 Å². The van der Waals surface area contributed by atoms with Crippen molar-refractivity contribution in [3.8, 4) is 11.5 Å². The summed E-state index contributed by atoms with van der Waals surface area (Å²) in [5, 5.41) is 14.6. The van der Waals surface area contributed by atoms with E-state index in [4.69, 9.17) is 4.42 Å². The lowest BCUT2D eigenvalue weighted by Gasteiger charge is -2.31. The van der Waals surface area contributed by atoms with Crippen LogP contribution in [0, 0.1) is 0 Å². The van der Waals surface area contributed by atoms with Crippen molar-refractivity contribution in [3.63, 3.8) is 0 Å². The Labute approximate surface area is 160 Å². The van der Waals surface area contributed by atoms with E-state index < -0.39 is 0 Å². The largest absolute Gasteiger partial charge is 0.403 e. The third-order valence-corrected chi connectivity index (χ3v) is 4.53. The number of hydrogen-bond acceptors (Lipinski definition) is 6. The van der Waals surface area contributed by atoms with Crippen molar-refractivity contribution in [2.24, 2.45) is 0 Å². The molecule has 0 saturated heterocycles. The molecule has 4 aromatic rings. The average Bonchev–Trinajstić information content (AvgIpc) is 3.23. The minimum atomic E-state index is 0.345. The predicted molar refractivity (Wildman–Crippen MR) is 107 cm³/mol. The SMILES string of the molecule is O=CNc1cccc2c1Nc1ccccc1N2c1nnc(-c2ccccc2)o1. The molecule has 2 N–H and O–H groups in total. The first-order valence-electron chi connectivity index (χ1n) is 8.73. The molecule has 0 spiro atoms. The number of fused-ring (bicyclic) bond motifs is 2. The number of para-hydroxylation sites is 3. The van der Waals surface area contributed by atoms with Crippen molar-refractivity contribution in [1.29, 1.82) is 0 Å². The summed E-state index contributed by atoms with van der Waals surface area (Å²) >= 11 is 0. The van der Waals surface area contributed by atoms with E-state index in [2.05, 4.69) is 20.8 Å². The van der Waals surface area contributed by atoms with Gasteiger partial charge in [0.1, 0.15) is 0 Å². The number of nitrogens with one attached hydrogen (secondary N) is 2. The van der Waals surface area contributed by atoms with E-state index >= 15 is 0 Å². The molecule has 1 amide bonds. The molecule has 0 aliphatic carbocycles. The van der Waals surface area contributed by atoms with Crippen molar-refractivity contribution in [2.45, 2.75) is 0 Å². The van der Waals surface area contributed by atoms with Gasteiger partial charge in [-0.25, -0.2) is 0 Å². The summed E-state index contributed by atoms with van der Waals surface area (Å²) in [6.45, 7) is 0. The van der Waals surface area contributed by atoms with Crippen molar-refractivity contribution >= 4 is 40.9 Å². The molecule has 0 atom stereocenters. The van der Waals surface area contributed by atoms with Crippen LogP contribution in [0.4, 0.5) is 34.5 Å². The van der Waals surface area contributed by atoms with Crippen LogP contribution in [0.3, 0.4) is 0 Å². The zero-order chi connectivity index (χ0) is 18.9. The Kier molecular flexibility index (Phi) is 3.76. The molecule has 136 valence electrons. The lowest BCUT2D eigenvalue weighted by molar-refractivity contribution is -0.105. The fraction of sp³-hybridized carbons (Fsp3) is 0. The molecule has 2 heterocycles. The van der Waals surface area contributed by atoms with Crippen LogP contribution in [0.15, 0.2) is 77.2 Å². The van der Waals surface area contributed by atoms with E-state index in [1.807, 2.05) is 77.7 Å². The molecule has 7 nitrogen and oxygen atoms in total. The van der Waals surface area contributed by atoms with Crippen molar-refractivity contribution in [3.05, 3.63) is 72.8 Å². The lowest BCUT2D eigenvalue weighted by atomic mass is 10.1. The first-order valence-corrected chi connectivity index (χ1v) is 8.73. The van der Waals surface area contributed by atoms with E-state index in [0.29, 0.717) is 24.0 Å². The molecule has 1 aromatic heterocycles. The van der Waals surface area contributed by atoms with Crippen LogP contribution in [-0.2, 0) is 4.79 Å². The van der Waals surface area contributed by atoms with Crippen molar-refractivity contribution in [2.75, 3.05) is 15.5 Å². The van der Waals surface area contributed by atoms with Crippen LogP contribution >= 0.6 is 0 Å². The van der Waals surface area contributed by atoms with E-state index in [-0.39, 0.29) is 0 Å². The van der Waals surface area contributed by atoms with E-state index in [0.717, 1.165) is 28.3 Å². The minimum absolute atomic E-state index is 0.345. The van der Waals surface area contributed by atoms with Crippen LogP contribution in [0.1, 0.15) is 0 Å². The molecule has 0 unspecified atom stereocenters. The topological polar surface area (TPSA) is 83.3 Å².